The van der Waals surface area contributed by atoms with Gasteiger partial charge in [0.25, 0.3) is 0 Å². The Bertz CT molecular complexity index is 537. The molecule has 1 aliphatic heterocycles. The first-order chi connectivity index (χ1) is 9.03. The van der Waals surface area contributed by atoms with Crippen molar-refractivity contribution in [3.8, 4) is 5.75 Å². The van der Waals surface area contributed by atoms with E-state index >= 15 is 0 Å². The van der Waals surface area contributed by atoms with Crippen LogP contribution in [0.1, 0.15) is 19.8 Å². The second kappa shape index (κ2) is 6.50. The van der Waals surface area contributed by atoms with E-state index in [4.69, 9.17) is 4.74 Å². The lowest BCUT2D eigenvalue weighted by molar-refractivity contribution is 0.191. The molecular formula is C13H17BrO3S2. The van der Waals surface area contributed by atoms with Crippen LogP contribution in [0.2, 0.25) is 0 Å². The van der Waals surface area contributed by atoms with E-state index in [-0.39, 0.29) is 11.9 Å². The Morgan fingerprint density at radius 1 is 1.37 bits per heavy atom. The maximum absolute atomic E-state index is 11.8. The molecule has 3 nitrogen and oxygen atoms in total. The summed E-state index contributed by atoms with van der Waals surface area (Å²) in [6, 6.07) is 5.00. The van der Waals surface area contributed by atoms with Gasteiger partial charge in [-0.15, -0.1) is 0 Å². The molecule has 19 heavy (non-hydrogen) atoms. The Balaban J connectivity index is 2.15. The monoisotopic (exact) mass is 364 g/mol. The van der Waals surface area contributed by atoms with Crippen molar-refractivity contribution in [3.05, 3.63) is 22.7 Å². The minimum Gasteiger partial charge on any atom is -0.489 e. The van der Waals surface area contributed by atoms with Gasteiger partial charge in [0.1, 0.15) is 11.9 Å². The van der Waals surface area contributed by atoms with Gasteiger partial charge in [-0.25, -0.2) is 8.42 Å². The number of ether oxygens (including phenoxy) is 1. The third kappa shape index (κ3) is 3.89. The first-order valence-electron chi connectivity index (χ1n) is 6.29. The van der Waals surface area contributed by atoms with Crippen LogP contribution in [0.4, 0.5) is 0 Å². The molecule has 0 N–H and O–H groups in total. The summed E-state index contributed by atoms with van der Waals surface area (Å²) in [5.41, 5.74) is 0. The summed E-state index contributed by atoms with van der Waals surface area (Å²) in [5, 5.41) is 0. The number of halogens is 1. The fourth-order valence-electron chi connectivity index (χ4n) is 1.91. The highest BCUT2D eigenvalue weighted by atomic mass is 79.9. The second-order valence-corrected chi connectivity index (χ2v) is 8.78. The zero-order valence-electron chi connectivity index (χ0n) is 10.8. The maximum Gasteiger partial charge on any atom is 0.178 e. The highest BCUT2D eigenvalue weighted by Crippen LogP contribution is 2.31. The van der Waals surface area contributed by atoms with Crippen LogP contribution in [0.25, 0.3) is 0 Å². The van der Waals surface area contributed by atoms with Crippen LogP contribution in [-0.4, -0.2) is 31.8 Å². The molecule has 1 aromatic carbocycles. The summed E-state index contributed by atoms with van der Waals surface area (Å²) in [6.45, 7) is 1.65. The normalized spacial score (nSPS) is 17.4. The number of benzene rings is 1. The average Bonchev–Trinajstić information content (AvgIpc) is 2.42. The van der Waals surface area contributed by atoms with Crippen LogP contribution >= 0.6 is 27.7 Å². The number of hydrogen-bond donors (Lipinski definition) is 0. The van der Waals surface area contributed by atoms with E-state index in [1.807, 2.05) is 11.8 Å². The summed E-state index contributed by atoms with van der Waals surface area (Å²) >= 11 is 5.35. The molecule has 1 fully saturated rings. The molecule has 0 unspecified atom stereocenters. The molecule has 0 amide bonds. The first-order valence-corrected chi connectivity index (χ1v) is 9.89. The molecule has 0 radical (unpaired) electrons. The van der Waals surface area contributed by atoms with Gasteiger partial charge in [0.2, 0.25) is 0 Å². The highest BCUT2D eigenvalue weighted by molar-refractivity contribution is 9.10. The lowest BCUT2D eigenvalue weighted by atomic mass is 10.2. The third-order valence-electron chi connectivity index (χ3n) is 3.10. The van der Waals surface area contributed by atoms with E-state index in [1.165, 1.54) is 0 Å². The van der Waals surface area contributed by atoms with Gasteiger partial charge in [0, 0.05) is 0 Å². The molecule has 2 rings (SSSR count). The summed E-state index contributed by atoms with van der Waals surface area (Å²) in [4.78, 5) is 0.341. The predicted molar refractivity (Wildman–Crippen MR) is 82.8 cm³/mol. The molecule has 0 aromatic heterocycles. The summed E-state index contributed by atoms with van der Waals surface area (Å²) in [5.74, 6) is 3.10. The molecular weight excluding hydrogens is 348 g/mol. The Kier molecular flexibility index (Phi) is 5.20. The van der Waals surface area contributed by atoms with Gasteiger partial charge in [-0.1, -0.05) is 6.92 Å². The van der Waals surface area contributed by atoms with Crippen LogP contribution < -0.4 is 4.74 Å². The molecule has 0 bridgehead atoms. The van der Waals surface area contributed by atoms with Crippen LogP contribution in [-0.2, 0) is 9.84 Å². The topological polar surface area (TPSA) is 43.4 Å². The van der Waals surface area contributed by atoms with E-state index in [0.717, 1.165) is 30.1 Å². The van der Waals surface area contributed by atoms with Gasteiger partial charge in [-0.3, -0.25) is 0 Å². The Labute approximate surface area is 127 Å². The second-order valence-electron chi connectivity index (χ2n) is 4.43. The molecule has 1 heterocycles. The van der Waals surface area contributed by atoms with E-state index in [2.05, 4.69) is 15.9 Å². The number of rotatable bonds is 4. The van der Waals surface area contributed by atoms with Crippen molar-refractivity contribution in [1.82, 2.24) is 0 Å². The lowest BCUT2D eigenvalue weighted by Crippen LogP contribution is -2.22. The Hall–Kier alpha value is -0.200. The fraction of sp³-hybridized carbons (Fsp3) is 0.538. The summed E-state index contributed by atoms with van der Waals surface area (Å²) in [6.07, 6.45) is 2.34. The third-order valence-corrected chi connectivity index (χ3v) is 6.51. The molecule has 1 aromatic rings. The molecule has 0 saturated carbocycles. The van der Waals surface area contributed by atoms with Crippen molar-refractivity contribution in [2.45, 2.75) is 30.8 Å². The largest absolute Gasteiger partial charge is 0.489 e. The zero-order valence-corrected chi connectivity index (χ0v) is 14.0. The van der Waals surface area contributed by atoms with Gasteiger partial charge in [-0.05, 0) is 58.5 Å². The molecule has 1 saturated heterocycles. The Morgan fingerprint density at radius 3 is 2.63 bits per heavy atom. The van der Waals surface area contributed by atoms with Crippen LogP contribution in [0.5, 0.6) is 5.75 Å². The maximum atomic E-state index is 11.8. The molecule has 0 spiro atoms. The predicted octanol–water partition coefficient (Wildman–Crippen LogP) is 3.52. The summed E-state index contributed by atoms with van der Waals surface area (Å²) in [7, 11) is -3.16. The molecule has 0 atom stereocenters. The van der Waals surface area contributed by atoms with Gasteiger partial charge >= 0.3 is 0 Å². The van der Waals surface area contributed by atoms with Crippen LogP contribution in [0, 0.1) is 0 Å². The van der Waals surface area contributed by atoms with E-state index in [1.54, 1.807) is 25.1 Å². The minimum absolute atomic E-state index is 0.111. The minimum atomic E-state index is -3.16. The van der Waals surface area contributed by atoms with Gasteiger partial charge in [-0.2, -0.15) is 11.8 Å². The van der Waals surface area contributed by atoms with E-state index in [0.29, 0.717) is 9.37 Å². The van der Waals surface area contributed by atoms with Crippen molar-refractivity contribution in [2.24, 2.45) is 0 Å². The van der Waals surface area contributed by atoms with Gasteiger partial charge in [0.15, 0.2) is 9.84 Å². The van der Waals surface area contributed by atoms with Crippen LogP contribution in [0.3, 0.4) is 0 Å². The van der Waals surface area contributed by atoms with Crippen molar-refractivity contribution in [1.29, 1.82) is 0 Å². The highest BCUT2D eigenvalue weighted by Gasteiger charge is 2.18. The van der Waals surface area contributed by atoms with Crippen molar-refractivity contribution >= 4 is 37.5 Å². The molecule has 6 heteroatoms. The van der Waals surface area contributed by atoms with Crippen LogP contribution in [0.15, 0.2) is 27.6 Å². The number of sulfone groups is 1. The summed E-state index contributed by atoms with van der Waals surface area (Å²) < 4.78 is 30.2. The van der Waals surface area contributed by atoms with Crippen molar-refractivity contribution in [3.63, 3.8) is 0 Å². The Morgan fingerprint density at radius 2 is 2.05 bits per heavy atom. The first kappa shape index (κ1) is 15.2. The van der Waals surface area contributed by atoms with Gasteiger partial charge in [0.05, 0.1) is 15.1 Å². The molecule has 1 aliphatic rings. The van der Waals surface area contributed by atoms with E-state index < -0.39 is 9.84 Å². The number of thioether (sulfide) groups is 1. The van der Waals surface area contributed by atoms with E-state index in [9.17, 15) is 8.42 Å². The number of hydrogen-bond acceptors (Lipinski definition) is 4. The standard InChI is InChI=1S/C13H17BrO3S2/c1-2-19(15,16)11-3-4-13(12(14)9-11)17-10-5-7-18-8-6-10/h3-4,9-10H,2,5-8H2,1H3. The average molecular weight is 365 g/mol. The molecule has 0 aliphatic carbocycles. The van der Waals surface area contributed by atoms with Gasteiger partial charge < -0.3 is 4.74 Å². The SMILES string of the molecule is CCS(=O)(=O)c1ccc(OC2CCSCC2)c(Br)c1. The molecule has 106 valence electrons. The lowest BCUT2D eigenvalue weighted by Gasteiger charge is -2.23. The zero-order chi connectivity index (χ0) is 13.9. The smallest absolute Gasteiger partial charge is 0.178 e. The van der Waals surface area contributed by atoms with Crippen molar-refractivity contribution < 1.29 is 13.2 Å². The van der Waals surface area contributed by atoms with Crippen molar-refractivity contribution in [2.75, 3.05) is 17.3 Å². The fourth-order valence-corrected chi connectivity index (χ4v) is 4.50. The quantitative estimate of drug-likeness (QED) is 0.819.